The van der Waals surface area contributed by atoms with Crippen molar-refractivity contribution in [3.05, 3.63) is 52.6 Å². The first-order chi connectivity index (χ1) is 7.29. The normalized spacial score (nSPS) is 10.2. The van der Waals surface area contributed by atoms with Crippen LogP contribution in [0.2, 0.25) is 0 Å². The first-order valence-corrected chi connectivity index (χ1v) is 4.65. The summed E-state index contributed by atoms with van der Waals surface area (Å²) in [5, 5.41) is 0. The molecule has 0 radical (unpaired) electrons. The van der Waals surface area contributed by atoms with Crippen molar-refractivity contribution >= 4 is 0 Å². The topological polar surface area (TPSA) is 71.8 Å². The van der Waals surface area contributed by atoms with Crippen LogP contribution in [0.1, 0.15) is 5.69 Å². The minimum absolute atomic E-state index is 0.303. The molecule has 0 fully saturated rings. The van der Waals surface area contributed by atoms with Crippen molar-refractivity contribution in [2.75, 3.05) is 0 Å². The zero-order valence-corrected chi connectivity index (χ0v) is 8.10. The molecular weight excluding hydrogens is 190 g/mol. The Hall–Kier alpha value is -1.94. The molecule has 76 valence electrons. The fourth-order valence-corrected chi connectivity index (χ4v) is 1.37. The van der Waals surface area contributed by atoms with Gasteiger partial charge in [-0.1, -0.05) is 30.3 Å². The maximum Gasteiger partial charge on any atom is 0.345 e. The van der Waals surface area contributed by atoms with Crippen molar-refractivity contribution in [2.24, 2.45) is 5.73 Å². The number of aromatic nitrogens is 2. The third-order valence-electron chi connectivity index (χ3n) is 2.09. The van der Waals surface area contributed by atoms with Crippen molar-refractivity contribution < 1.29 is 0 Å². The third-order valence-corrected chi connectivity index (χ3v) is 2.09. The molecule has 2 aromatic rings. The molecule has 0 saturated heterocycles. The second-order valence-corrected chi connectivity index (χ2v) is 3.17. The van der Waals surface area contributed by atoms with E-state index in [4.69, 9.17) is 5.73 Å². The van der Waals surface area contributed by atoms with Crippen molar-refractivity contribution in [2.45, 2.75) is 6.54 Å². The van der Waals surface area contributed by atoms with Gasteiger partial charge in [-0.05, 0) is 6.07 Å². The average Bonchev–Trinajstić information content (AvgIpc) is 2.29. The van der Waals surface area contributed by atoms with E-state index in [0.717, 1.165) is 5.56 Å². The van der Waals surface area contributed by atoms with E-state index in [-0.39, 0.29) is 5.69 Å². The van der Waals surface area contributed by atoms with Gasteiger partial charge in [0, 0.05) is 17.8 Å². The van der Waals surface area contributed by atoms with E-state index >= 15 is 0 Å². The van der Waals surface area contributed by atoms with Gasteiger partial charge in [0.25, 0.3) is 0 Å². The van der Waals surface area contributed by atoms with Crippen LogP contribution in [0.5, 0.6) is 0 Å². The Morgan fingerprint density at radius 3 is 2.67 bits per heavy atom. The number of H-pyrrole nitrogens is 1. The monoisotopic (exact) mass is 201 g/mol. The van der Waals surface area contributed by atoms with Gasteiger partial charge in [-0.15, -0.1) is 0 Å². The Kier molecular flexibility index (Phi) is 2.60. The van der Waals surface area contributed by atoms with Gasteiger partial charge in [0.15, 0.2) is 0 Å². The molecule has 0 saturated carbocycles. The molecule has 0 aliphatic heterocycles. The first-order valence-electron chi connectivity index (χ1n) is 4.65. The van der Waals surface area contributed by atoms with Crippen LogP contribution in [0, 0.1) is 0 Å². The van der Waals surface area contributed by atoms with E-state index in [1.54, 1.807) is 6.07 Å². The van der Waals surface area contributed by atoms with Crippen molar-refractivity contribution in [1.82, 2.24) is 9.97 Å². The number of aromatic amines is 1. The Labute approximate surface area is 86.8 Å². The molecule has 0 aliphatic rings. The van der Waals surface area contributed by atoms with Crippen LogP contribution in [0.3, 0.4) is 0 Å². The number of benzene rings is 1. The zero-order valence-electron chi connectivity index (χ0n) is 8.10. The second-order valence-electron chi connectivity index (χ2n) is 3.17. The molecule has 15 heavy (non-hydrogen) atoms. The molecule has 0 atom stereocenters. The number of rotatable bonds is 2. The summed E-state index contributed by atoms with van der Waals surface area (Å²) >= 11 is 0. The summed E-state index contributed by atoms with van der Waals surface area (Å²) in [4.78, 5) is 17.7. The van der Waals surface area contributed by atoms with Gasteiger partial charge < -0.3 is 10.7 Å². The summed E-state index contributed by atoms with van der Waals surface area (Å²) in [5.41, 5.74) is 7.36. The van der Waals surface area contributed by atoms with Crippen LogP contribution in [0.4, 0.5) is 0 Å². The van der Waals surface area contributed by atoms with Crippen LogP contribution in [-0.2, 0) is 6.54 Å². The van der Waals surface area contributed by atoms with E-state index in [2.05, 4.69) is 9.97 Å². The molecule has 1 aromatic carbocycles. The number of hydrogen-bond donors (Lipinski definition) is 2. The van der Waals surface area contributed by atoms with E-state index in [9.17, 15) is 4.79 Å². The van der Waals surface area contributed by atoms with Crippen LogP contribution in [-0.4, -0.2) is 9.97 Å². The Bertz CT molecular complexity index is 505. The zero-order chi connectivity index (χ0) is 10.7. The summed E-state index contributed by atoms with van der Waals surface area (Å²) in [6, 6.07) is 11.3. The summed E-state index contributed by atoms with van der Waals surface area (Å²) in [6.45, 7) is 0.303. The molecule has 4 heteroatoms. The largest absolute Gasteiger partial charge is 0.345 e. The minimum Gasteiger partial charge on any atom is -0.325 e. The predicted molar refractivity (Wildman–Crippen MR) is 58.2 cm³/mol. The lowest BCUT2D eigenvalue weighted by atomic mass is 10.1. The molecule has 0 amide bonds. The molecule has 0 aliphatic carbocycles. The molecule has 1 heterocycles. The van der Waals surface area contributed by atoms with Crippen molar-refractivity contribution in [1.29, 1.82) is 0 Å². The van der Waals surface area contributed by atoms with Gasteiger partial charge in [0.05, 0.1) is 5.69 Å². The summed E-state index contributed by atoms with van der Waals surface area (Å²) in [6.07, 6.45) is 0. The molecular formula is C11H11N3O. The molecule has 3 N–H and O–H groups in total. The smallest absolute Gasteiger partial charge is 0.325 e. The average molecular weight is 201 g/mol. The lowest BCUT2D eigenvalue weighted by molar-refractivity contribution is 0.934. The number of nitrogens with two attached hydrogens (primary N) is 1. The van der Waals surface area contributed by atoms with E-state index in [1.807, 2.05) is 30.3 Å². The maximum atomic E-state index is 11.2. The molecule has 0 bridgehead atoms. The molecule has 0 unspecified atom stereocenters. The maximum absolute atomic E-state index is 11.2. The minimum atomic E-state index is -0.364. The second kappa shape index (κ2) is 4.06. The highest BCUT2D eigenvalue weighted by molar-refractivity contribution is 5.58. The number of hydrogen-bond acceptors (Lipinski definition) is 3. The standard InChI is InChI=1S/C11H11N3O/c12-7-9-6-10(14-11(15)13-9)8-4-2-1-3-5-8/h1-6H,7,12H2,(H,13,14,15). The third kappa shape index (κ3) is 2.11. The highest BCUT2D eigenvalue weighted by Gasteiger charge is 2.01. The SMILES string of the molecule is NCc1cc(-c2ccccc2)nc(=O)[nH]1. The van der Waals surface area contributed by atoms with Gasteiger partial charge in [-0.2, -0.15) is 4.98 Å². The summed E-state index contributed by atoms with van der Waals surface area (Å²) in [7, 11) is 0. The summed E-state index contributed by atoms with van der Waals surface area (Å²) in [5.74, 6) is 0. The Morgan fingerprint density at radius 2 is 2.00 bits per heavy atom. The highest BCUT2D eigenvalue weighted by Crippen LogP contribution is 2.14. The van der Waals surface area contributed by atoms with Crippen LogP contribution in [0.15, 0.2) is 41.2 Å². The molecule has 0 spiro atoms. The van der Waals surface area contributed by atoms with Gasteiger partial charge in [0.1, 0.15) is 0 Å². The van der Waals surface area contributed by atoms with Crippen LogP contribution >= 0.6 is 0 Å². The highest BCUT2D eigenvalue weighted by atomic mass is 16.1. The van der Waals surface area contributed by atoms with Crippen LogP contribution in [0.25, 0.3) is 11.3 Å². The quantitative estimate of drug-likeness (QED) is 0.758. The summed E-state index contributed by atoms with van der Waals surface area (Å²) < 4.78 is 0. The van der Waals surface area contributed by atoms with Gasteiger partial charge in [0.2, 0.25) is 0 Å². The number of nitrogens with one attached hydrogen (secondary N) is 1. The molecule has 4 nitrogen and oxygen atoms in total. The van der Waals surface area contributed by atoms with Gasteiger partial charge >= 0.3 is 5.69 Å². The van der Waals surface area contributed by atoms with Crippen molar-refractivity contribution in [3.8, 4) is 11.3 Å². The Balaban J connectivity index is 2.54. The van der Waals surface area contributed by atoms with Crippen molar-refractivity contribution in [3.63, 3.8) is 0 Å². The lowest BCUT2D eigenvalue weighted by Gasteiger charge is -2.01. The number of nitrogens with zero attached hydrogens (tertiary/aromatic N) is 1. The fraction of sp³-hybridized carbons (Fsp3) is 0.0909. The molecule has 1 aromatic heterocycles. The van der Waals surface area contributed by atoms with E-state index in [0.29, 0.717) is 17.9 Å². The van der Waals surface area contributed by atoms with E-state index in [1.165, 1.54) is 0 Å². The predicted octanol–water partition coefficient (Wildman–Crippen LogP) is 0.896. The Morgan fingerprint density at radius 1 is 1.27 bits per heavy atom. The first kappa shape index (κ1) is 9.61. The lowest BCUT2D eigenvalue weighted by Crippen LogP contribution is -2.15. The molecule has 2 rings (SSSR count). The van der Waals surface area contributed by atoms with Gasteiger partial charge in [-0.3, -0.25) is 0 Å². The van der Waals surface area contributed by atoms with Crippen LogP contribution < -0.4 is 11.4 Å². The van der Waals surface area contributed by atoms with E-state index < -0.39 is 0 Å². The fourth-order valence-electron chi connectivity index (χ4n) is 1.37. The van der Waals surface area contributed by atoms with Gasteiger partial charge in [-0.25, -0.2) is 4.79 Å².